The second-order valence-electron chi connectivity index (χ2n) is 6.59. The highest BCUT2D eigenvalue weighted by Gasteiger charge is 2.35. The van der Waals surface area contributed by atoms with Gasteiger partial charge in [-0.1, -0.05) is 33.1 Å². The monoisotopic (exact) mass is 313 g/mol. The Morgan fingerprint density at radius 2 is 1.73 bits per heavy atom. The van der Waals surface area contributed by atoms with Crippen molar-refractivity contribution in [3.8, 4) is 0 Å². The molecule has 0 bridgehead atoms. The van der Waals surface area contributed by atoms with Crippen LogP contribution in [0, 0.1) is 11.3 Å². The Balaban J connectivity index is 2.52. The van der Waals surface area contributed by atoms with Crippen LogP contribution in [-0.2, 0) is 14.3 Å². The summed E-state index contributed by atoms with van der Waals surface area (Å²) in [6, 6.07) is 0. The average Bonchev–Trinajstić information content (AvgIpc) is 2.44. The van der Waals surface area contributed by atoms with E-state index < -0.39 is 23.6 Å². The number of ketones is 1. The second-order valence-corrected chi connectivity index (χ2v) is 6.59. The zero-order chi connectivity index (χ0) is 16.8. The summed E-state index contributed by atoms with van der Waals surface area (Å²) in [4.78, 5) is 34.6. The number of Topliss-reactive ketones (excluding diaryl/α,β-unsaturated/α-hetero) is 1. The third-order valence-electron chi connectivity index (χ3n) is 4.30. The van der Waals surface area contributed by atoms with Crippen molar-refractivity contribution in [3.63, 3.8) is 0 Å². The fraction of sp³-hybridized carbons (Fsp3) is 0.812. The minimum Gasteiger partial charge on any atom is -0.481 e. The number of ether oxygens (including phenoxy) is 1. The van der Waals surface area contributed by atoms with Crippen molar-refractivity contribution < 1.29 is 24.2 Å². The predicted molar refractivity (Wildman–Crippen MR) is 81.6 cm³/mol. The van der Waals surface area contributed by atoms with Crippen molar-refractivity contribution in [3.05, 3.63) is 0 Å². The van der Waals surface area contributed by atoms with E-state index in [2.05, 4.69) is 5.32 Å². The lowest BCUT2D eigenvalue weighted by molar-refractivity contribution is -0.140. The van der Waals surface area contributed by atoms with E-state index in [-0.39, 0.29) is 24.7 Å². The van der Waals surface area contributed by atoms with Crippen LogP contribution in [0.25, 0.3) is 0 Å². The van der Waals surface area contributed by atoms with Crippen LogP contribution in [0.2, 0.25) is 0 Å². The van der Waals surface area contributed by atoms with E-state index in [1.165, 1.54) is 0 Å². The topological polar surface area (TPSA) is 92.7 Å². The summed E-state index contributed by atoms with van der Waals surface area (Å²) in [7, 11) is 0. The van der Waals surface area contributed by atoms with Gasteiger partial charge >= 0.3 is 12.1 Å². The first-order valence-electron chi connectivity index (χ1n) is 7.96. The fourth-order valence-corrected chi connectivity index (χ4v) is 3.03. The lowest BCUT2D eigenvalue weighted by Crippen LogP contribution is -2.42. The van der Waals surface area contributed by atoms with Gasteiger partial charge in [0.15, 0.2) is 11.9 Å². The molecule has 6 nitrogen and oxygen atoms in total. The Morgan fingerprint density at radius 3 is 2.23 bits per heavy atom. The molecule has 0 heterocycles. The molecule has 0 aromatic rings. The molecule has 2 N–H and O–H groups in total. The highest BCUT2D eigenvalue weighted by Crippen LogP contribution is 2.38. The summed E-state index contributed by atoms with van der Waals surface area (Å²) in [6.45, 7) is 5.34. The van der Waals surface area contributed by atoms with Gasteiger partial charge in [-0.05, 0) is 25.2 Å². The molecule has 1 aliphatic rings. The molecule has 1 fully saturated rings. The van der Waals surface area contributed by atoms with Crippen LogP contribution in [0.5, 0.6) is 0 Å². The van der Waals surface area contributed by atoms with Crippen LogP contribution in [0.4, 0.5) is 4.79 Å². The number of hydrogen-bond acceptors (Lipinski definition) is 4. The molecule has 0 spiro atoms. The minimum absolute atomic E-state index is 0.0494. The smallest absolute Gasteiger partial charge is 0.407 e. The van der Waals surface area contributed by atoms with E-state index in [1.807, 2.05) is 0 Å². The van der Waals surface area contributed by atoms with Crippen LogP contribution in [0.1, 0.15) is 59.3 Å². The van der Waals surface area contributed by atoms with E-state index in [9.17, 15) is 14.4 Å². The van der Waals surface area contributed by atoms with Gasteiger partial charge in [-0.3, -0.25) is 9.59 Å². The maximum atomic E-state index is 11.8. The first-order valence-corrected chi connectivity index (χ1v) is 7.96. The average molecular weight is 313 g/mol. The molecule has 0 aliphatic heterocycles. The van der Waals surface area contributed by atoms with Crippen molar-refractivity contribution >= 4 is 17.8 Å². The number of carbonyl (C=O) groups excluding carboxylic acids is 2. The molecular weight excluding hydrogens is 286 g/mol. The highest BCUT2D eigenvalue weighted by molar-refractivity contribution is 5.86. The summed E-state index contributed by atoms with van der Waals surface area (Å²) < 4.78 is 5.07. The molecule has 1 aliphatic carbocycles. The zero-order valence-corrected chi connectivity index (χ0v) is 13.7. The van der Waals surface area contributed by atoms with Crippen LogP contribution in [0.15, 0.2) is 0 Å². The quantitative estimate of drug-likeness (QED) is 0.754. The van der Waals surface area contributed by atoms with Crippen molar-refractivity contribution in [2.75, 3.05) is 6.54 Å². The lowest BCUT2D eigenvalue weighted by atomic mass is 9.72. The molecular formula is C16H27NO5. The maximum Gasteiger partial charge on any atom is 0.407 e. The summed E-state index contributed by atoms with van der Waals surface area (Å²) >= 11 is 0. The molecule has 0 saturated heterocycles. The maximum absolute atomic E-state index is 11.8. The van der Waals surface area contributed by atoms with E-state index in [1.54, 1.807) is 20.8 Å². The Morgan fingerprint density at radius 1 is 1.14 bits per heavy atom. The van der Waals surface area contributed by atoms with Crippen LogP contribution >= 0.6 is 0 Å². The second kappa shape index (κ2) is 8.15. The summed E-state index contributed by atoms with van der Waals surface area (Å²) in [5.41, 5.74) is -0.394. The SMILES string of the molecule is CC(C)C(=O)C(C)OC(=O)NCC1(CC(=O)O)CCCCC1. The van der Waals surface area contributed by atoms with Crippen molar-refractivity contribution in [2.45, 2.75) is 65.4 Å². The third-order valence-corrected chi connectivity index (χ3v) is 4.30. The minimum atomic E-state index is -0.847. The Kier molecular flexibility index (Phi) is 6.84. The van der Waals surface area contributed by atoms with Crippen LogP contribution < -0.4 is 5.32 Å². The summed E-state index contributed by atoms with van der Waals surface area (Å²) in [5.74, 6) is -1.17. The number of amides is 1. The number of carbonyl (C=O) groups is 3. The molecule has 1 rings (SSSR count). The molecule has 0 aromatic heterocycles. The number of carboxylic acid groups (broad SMARTS) is 1. The van der Waals surface area contributed by atoms with E-state index in [0.717, 1.165) is 32.1 Å². The highest BCUT2D eigenvalue weighted by atomic mass is 16.6. The van der Waals surface area contributed by atoms with Crippen LogP contribution in [-0.4, -0.2) is 35.6 Å². The number of hydrogen-bond donors (Lipinski definition) is 2. The van der Waals surface area contributed by atoms with Crippen molar-refractivity contribution in [2.24, 2.45) is 11.3 Å². The molecule has 1 atom stereocenters. The van der Waals surface area contributed by atoms with Gasteiger partial charge in [-0.2, -0.15) is 0 Å². The number of aliphatic carboxylic acids is 1. The molecule has 1 unspecified atom stereocenters. The van der Waals surface area contributed by atoms with Gasteiger partial charge in [0.05, 0.1) is 6.42 Å². The largest absolute Gasteiger partial charge is 0.481 e. The van der Waals surface area contributed by atoms with Crippen LogP contribution in [0.3, 0.4) is 0 Å². The molecule has 1 saturated carbocycles. The molecule has 1 amide bonds. The van der Waals surface area contributed by atoms with Crippen molar-refractivity contribution in [1.82, 2.24) is 5.32 Å². The standard InChI is InChI=1S/C16H27NO5/c1-11(2)14(20)12(3)22-15(21)17-10-16(9-13(18)19)7-5-4-6-8-16/h11-12H,4-10H2,1-3H3,(H,17,21)(H,18,19). The first-order chi connectivity index (χ1) is 10.3. The first kappa shape index (κ1) is 18.5. The zero-order valence-electron chi connectivity index (χ0n) is 13.7. The number of carboxylic acids is 1. The molecule has 126 valence electrons. The Hall–Kier alpha value is -1.59. The van der Waals surface area contributed by atoms with Gasteiger partial charge in [0.1, 0.15) is 0 Å². The summed E-state index contributed by atoms with van der Waals surface area (Å²) in [6.07, 6.45) is 3.25. The molecule has 0 aromatic carbocycles. The Bertz CT molecular complexity index is 413. The molecule has 22 heavy (non-hydrogen) atoms. The Labute approximate surface area is 131 Å². The van der Waals surface area contributed by atoms with Gasteiger partial charge in [-0.15, -0.1) is 0 Å². The molecule has 6 heteroatoms. The van der Waals surface area contributed by atoms with Crippen molar-refractivity contribution in [1.29, 1.82) is 0 Å². The van der Waals surface area contributed by atoms with Gasteiger partial charge < -0.3 is 15.2 Å². The molecule has 0 radical (unpaired) electrons. The number of alkyl carbamates (subject to hydrolysis) is 1. The third kappa shape index (κ3) is 5.66. The lowest BCUT2D eigenvalue weighted by Gasteiger charge is -2.36. The number of rotatable bonds is 7. The van der Waals surface area contributed by atoms with Gasteiger partial charge in [0, 0.05) is 12.5 Å². The fourth-order valence-electron chi connectivity index (χ4n) is 3.03. The van der Waals surface area contributed by atoms with E-state index in [4.69, 9.17) is 9.84 Å². The normalized spacial score (nSPS) is 18.5. The van der Waals surface area contributed by atoms with Gasteiger partial charge in [0.2, 0.25) is 0 Å². The summed E-state index contributed by atoms with van der Waals surface area (Å²) in [5, 5.41) is 11.7. The predicted octanol–water partition coefficient (Wildman–Crippen LogP) is 2.75. The van der Waals surface area contributed by atoms with E-state index in [0.29, 0.717) is 0 Å². The van der Waals surface area contributed by atoms with E-state index >= 15 is 0 Å². The van der Waals surface area contributed by atoms with Gasteiger partial charge in [-0.25, -0.2) is 4.79 Å². The number of nitrogens with one attached hydrogen (secondary N) is 1. The van der Waals surface area contributed by atoms with Gasteiger partial charge in [0.25, 0.3) is 0 Å².